The van der Waals surface area contributed by atoms with Crippen molar-refractivity contribution >= 4 is 57.0 Å². The van der Waals surface area contributed by atoms with Crippen molar-refractivity contribution in [2.24, 2.45) is 11.7 Å². The molecule has 19 heavy (non-hydrogen) atoms. The smallest absolute Gasteiger partial charge is 0.252 e. The third kappa shape index (κ3) is 3.46. The summed E-state index contributed by atoms with van der Waals surface area (Å²) in [5.41, 5.74) is 6.10. The first-order valence-electron chi connectivity index (χ1n) is 6.29. The van der Waals surface area contributed by atoms with Gasteiger partial charge in [0.15, 0.2) is 0 Å². The Hall–Kier alpha value is -0.210. The zero-order valence-electron chi connectivity index (χ0n) is 10.7. The molecule has 1 aromatic rings. The Balaban J connectivity index is 2.13. The monoisotopic (exact) mass is 408 g/mol. The van der Waals surface area contributed by atoms with Crippen LogP contribution in [0, 0.1) is 8.80 Å². The van der Waals surface area contributed by atoms with Gasteiger partial charge in [0.25, 0.3) is 5.91 Å². The number of carbonyl (C=O) groups is 1. The second kappa shape index (κ2) is 6.05. The molecule has 1 saturated carbocycles. The van der Waals surface area contributed by atoms with Gasteiger partial charge in [0.1, 0.15) is 0 Å². The predicted molar refractivity (Wildman–Crippen MR) is 91.7 cm³/mol. The van der Waals surface area contributed by atoms with E-state index in [0.717, 1.165) is 28.6 Å². The summed E-state index contributed by atoms with van der Waals surface area (Å²) >= 11 is 8.98. The molecule has 0 unspecified atom stereocenters. The van der Waals surface area contributed by atoms with Gasteiger partial charge in [-0.3, -0.25) is 4.79 Å². The van der Waals surface area contributed by atoms with Crippen LogP contribution in [0.15, 0.2) is 11.4 Å². The molecule has 6 heteroatoms. The van der Waals surface area contributed by atoms with Gasteiger partial charge in [-0.05, 0) is 60.3 Å². The second-order valence-electron chi connectivity index (χ2n) is 5.22. The second-order valence-corrected chi connectivity index (χ2v) is 8.47. The largest absolute Gasteiger partial charge is 0.391 e. The van der Waals surface area contributed by atoms with Gasteiger partial charge in [-0.25, -0.2) is 0 Å². The Bertz CT molecular complexity index is 493. The van der Waals surface area contributed by atoms with Gasteiger partial charge in [0.2, 0.25) is 0 Å². The number of nitrogens with one attached hydrogen (secondary N) is 1. The molecule has 0 radical (unpaired) electrons. The summed E-state index contributed by atoms with van der Waals surface area (Å²) in [5, 5.41) is 4.95. The average molecular weight is 408 g/mol. The first kappa shape index (κ1) is 15.2. The highest BCUT2D eigenvalue weighted by Gasteiger charge is 2.38. The number of hydrogen-bond acceptors (Lipinski definition) is 3. The van der Waals surface area contributed by atoms with Gasteiger partial charge in [-0.15, -0.1) is 11.3 Å². The van der Waals surface area contributed by atoms with Gasteiger partial charge < -0.3 is 11.1 Å². The van der Waals surface area contributed by atoms with Crippen LogP contribution in [0.4, 0.5) is 0 Å². The molecule has 1 aliphatic rings. The van der Waals surface area contributed by atoms with Crippen molar-refractivity contribution in [1.29, 1.82) is 0 Å². The minimum Gasteiger partial charge on any atom is -0.391 e. The molecular formula is C13H17IN2OS2. The normalized spacial score (nSPS) is 26.9. The molecule has 0 bridgehead atoms. The Morgan fingerprint density at radius 2 is 2.21 bits per heavy atom. The molecular weight excluding hydrogens is 391 g/mol. The minimum absolute atomic E-state index is 0.0680. The molecule has 0 saturated heterocycles. The van der Waals surface area contributed by atoms with Crippen molar-refractivity contribution in [3.63, 3.8) is 0 Å². The maximum Gasteiger partial charge on any atom is 0.252 e. The van der Waals surface area contributed by atoms with E-state index in [2.05, 4.69) is 34.8 Å². The minimum atomic E-state index is -0.494. The maximum atomic E-state index is 12.3. The van der Waals surface area contributed by atoms with Crippen molar-refractivity contribution in [3.8, 4) is 0 Å². The van der Waals surface area contributed by atoms with Crippen LogP contribution in [0.5, 0.6) is 0 Å². The van der Waals surface area contributed by atoms with Crippen molar-refractivity contribution in [1.82, 2.24) is 5.32 Å². The van der Waals surface area contributed by atoms with Crippen LogP contribution in [0.3, 0.4) is 0 Å². The van der Waals surface area contributed by atoms with E-state index in [9.17, 15) is 4.79 Å². The highest BCUT2D eigenvalue weighted by Crippen LogP contribution is 2.32. The molecule has 3 N–H and O–H groups in total. The van der Waals surface area contributed by atoms with E-state index in [1.165, 1.54) is 0 Å². The lowest BCUT2D eigenvalue weighted by Gasteiger charge is -2.39. The van der Waals surface area contributed by atoms with E-state index in [1.54, 1.807) is 11.3 Å². The van der Waals surface area contributed by atoms with Gasteiger partial charge in [0.05, 0.1) is 19.0 Å². The van der Waals surface area contributed by atoms with Gasteiger partial charge >= 0.3 is 0 Å². The van der Waals surface area contributed by atoms with Crippen LogP contribution in [0.1, 0.15) is 43.0 Å². The summed E-state index contributed by atoms with van der Waals surface area (Å²) in [7, 11) is 0. The summed E-state index contributed by atoms with van der Waals surface area (Å²) in [6, 6.07) is 1.89. The van der Waals surface area contributed by atoms with E-state index < -0.39 is 5.54 Å². The summed E-state index contributed by atoms with van der Waals surface area (Å²) < 4.78 is 1.10. The number of thiocarbonyl (C=S) groups is 1. The van der Waals surface area contributed by atoms with E-state index >= 15 is 0 Å². The van der Waals surface area contributed by atoms with Crippen molar-refractivity contribution in [2.45, 2.75) is 38.1 Å². The molecule has 1 amide bonds. The SMILES string of the molecule is CC1CCC(NC(=O)c2csc(I)c2)(C(N)=S)CC1. The Morgan fingerprint density at radius 1 is 1.58 bits per heavy atom. The fourth-order valence-corrected chi connectivity index (χ4v) is 3.99. The predicted octanol–water partition coefficient (Wildman–Crippen LogP) is 3.32. The summed E-state index contributed by atoms with van der Waals surface area (Å²) in [4.78, 5) is 12.7. The number of thiophene rings is 1. The average Bonchev–Trinajstić information content (AvgIpc) is 2.79. The summed E-state index contributed by atoms with van der Waals surface area (Å²) in [5.74, 6) is 0.614. The van der Waals surface area contributed by atoms with E-state index in [0.29, 0.717) is 16.5 Å². The molecule has 0 aliphatic heterocycles. The molecule has 0 atom stereocenters. The molecule has 0 aromatic carbocycles. The highest BCUT2D eigenvalue weighted by atomic mass is 127. The lowest BCUT2D eigenvalue weighted by atomic mass is 9.77. The first-order chi connectivity index (χ1) is 8.93. The Morgan fingerprint density at radius 3 is 2.68 bits per heavy atom. The van der Waals surface area contributed by atoms with Crippen molar-refractivity contribution < 1.29 is 4.79 Å². The Labute approximate surface area is 136 Å². The number of hydrogen-bond donors (Lipinski definition) is 2. The maximum absolute atomic E-state index is 12.3. The molecule has 1 aromatic heterocycles. The van der Waals surface area contributed by atoms with E-state index in [-0.39, 0.29) is 5.91 Å². The van der Waals surface area contributed by atoms with Crippen molar-refractivity contribution in [3.05, 3.63) is 19.9 Å². The third-order valence-corrected chi connectivity index (χ3v) is 5.96. The molecule has 3 nitrogen and oxygen atoms in total. The van der Waals surface area contributed by atoms with Crippen LogP contribution < -0.4 is 11.1 Å². The summed E-state index contributed by atoms with van der Waals surface area (Å²) in [6.07, 6.45) is 3.80. The molecule has 1 heterocycles. The summed E-state index contributed by atoms with van der Waals surface area (Å²) in [6.45, 7) is 2.23. The standard InChI is InChI=1S/C13H17IN2OS2/c1-8-2-4-13(5-3-8,12(15)18)16-11(17)9-6-10(14)19-7-9/h6-8H,2-5H2,1H3,(H2,15,18)(H,16,17). The van der Waals surface area contributed by atoms with Crippen LogP contribution in [-0.2, 0) is 0 Å². The van der Waals surface area contributed by atoms with E-state index in [4.69, 9.17) is 18.0 Å². The lowest BCUT2D eigenvalue weighted by molar-refractivity contribution is 0.0901. The van der Waals surface area contributed by atoms with Crippen LogP contribution in [0.2, 0.25) is 0 Å². The topological polar surface area (TPSA) is 55.1 Å². The lowest BCUT2D eigenvalue weighted by Crippen LogP contribution is -2.58. The number of amides is 1. The fraction of sp³-hybridized carbons (Fsp3) is 0.538. The molecule has 1 fully saturated rings. The molecule has 2 rings (SSSR count). The molecule has 1 aliphatic carbocycles. The number of carbonyl (C=O) groups excluding carboxylic acids is 1. The van der Waals surface area contributed by atoms with Gasteiger partial charge in [0, 0.05) is 5.38 Å². The number of nitrogens with two attached hydrogens (primary N) is 1. The fourth-order valence-electron chi connectivity index (χ4n) is 2.41. The van der Waals surface area contributed by atoms with Gasteiger partial charge in [-0.1, -0.05) is 19.1 Å². The zero-order chi connectivity index (χ0) is 14.0. The molecule has 0 spiro atoms. The van der Waals surface area contributed by atoms with Crippen LogP contribution in [-0.4, -0.2) is 16.4 Å². The van der Waals surface area contributed by atoms with Crippen LogP contribution in [0.25, 0.3) is 0 Å². The van der Waals surface area contributed by atoms with Gasteiger partial charge in [-0.2, -0.15) is 0 Å². The Kier molecular flexibility index (Phi) is 4.84. The number of halogens is 1. The first-order valence-corrected chi connectivity index (χ1v) is 8.66. The van der Waals surface area contributed by atoms with Crippen LogP contribution >= 0.6 is 46.1 Å². The zero-order valence-corrected chi connectivity index (χ0v) is 14.5. The molecule has 104 valence electrons. The highest BCUT2D eigenvalue weighted by molar-refractivity contribution is 14.1. The number of rotatable bonds is 3. The quantitative estimate of drug-likeness (QED) is 0.596. The van der Waals surface area contributed by atoms with E-state index in [1.807, 2.05) is 11.4 Å². The third-order valence-electron chi connectivity index (χ3n) is 3.78. The van der Waals surface area contributed by atoms with Crippen molar-refractivity contribution in [2.75, 3.05) is 0 Å².